The first-order valence-corrected chi connectivity index (χ1v) is 13.2. The Labute approximate surface area is 108 Å². The van der Waals surface area contributed by atoms with E-state index in [1.165, 1.54) is 0 Å². The summed E-state index contributed by atoms with van der Waals surface area (Å²) in [7, 11) is 0.975. The Bertz CT molecular complexity index is 213. The van der Waals surface area contributed by atoms with E-state index in [2.05, 4.69) is 6.92 Å². The minimum Gasteiger partial charge on any atom is -0.309 e. The molecule has 0 aromatic heterocycles. The summed E-state index contributed by atoms with van der Waals surface area (Å²) in [5.74, 6) is 0.894. The third kappa shape index (κ3) is 2.20. The fraction of sp³-hybridized carbons (Fsp3) is 1.00. The molecular formula is C9H22O3S3Si. The maximum Gasteiger partial charge on any atom is 0.278 e. The molecule has 0 bridgehead atoms. The lowest BCUT2D eigenvalue weighted by Crippen LogP contribution is -2.50. The van der Waals surface area contributed by atoms with Gasteiger partial charge in [-0.15, -0.1) is 0 Å². The average Bonchev–Trinajstić information content (AvgIpc) is 2.18. The van der Waals surface area contributed by atoms with Gasteiger partial charge in [0, 0.05) is 5.75 Å². The molecule has 0 amide bonds. The van der Waals surface area contributed by atoms with Crippen molar-refractivity contribution in [3.05, 3.63) is 0 Å². The molecule has 7 heteroatoms. The van der Waals surface area contributed by atoms with Crippen LogP contribution >= 0.6 is 27.7 Å². The predicted octanol–water partition coefficient (Wildman–Crippen LogP) is 3.97. The Kier molecular flexibility index (Phi) is 4.78. The van der Waals surface area contributed by atoms with Crippen LogP contribution in [0.3, 0.4) is 0 Å². The van der Waals surface area contributed by atoms with E-state index < -0.39 is 7.62 Å². The van der Waals surface area contributed by atoms with E-state index in [0.717, 1.165) is 12.2 Å². The molecule has 98 valence electrons. The van der Waals surface area contributed by atoms with Gasteiger partial charge in [0.15, 0.2) is 0 Å². The van der Waals surface area contributed by atoms with Gasteiger partial charge in [0.05, 0.1) is 19.8 Å². The number of rotatable bonds is 8. The third-order valence-electron chi connectivity index (χ3n) is 2.28. The molecule has 0 unspecified atom stereocenters. The van der Waals surface area contributed by atoms with Gasteiger partial charge in [0.25, 0.3) is 7.82 Å². The van der Waals surface area contributed by atoms with Crippen molar-refractivity contribution in [3.8, 4) is 0 Å². The maximum absolute atomic E-state index is 6.19. The van der Waals surface area contributed by atoms with Crippen molar-refractivity contribution in [3.63, 3.8) is 0 Å². The molecule has 0 N–H and O–H groups in total. The van der Waals surface area contributed by atoms with Crippen molar-refractivity contribution in [2.24, 2.45) is 0 Å². The minimum absolute atomic E-state index is 0.581. The topological polar surface area (TPSA) is 27.7 Å². The van der Waals surface area contributed by atoms with Gasteiger partial charge < -0.3 is 12.5 Å². The van der Waals surface area contributed by atoms with E-state index in [1.807, 2.05) is 31.0 Å². The van der Waals surface area contributed by atoms with Gasteiger partial charge in [0.1, 0.15) is 0 Å². The van der Waals surface area contributed by atoms with E-state index in [-0.39, 0.29) is 0 Å². The molecule has 0 saturated carbocycles. The van der Waals surface area contributed by atoms with Crippen LogP contribution in [0.5, 0.6) is 0 Å². The zero-order valence-corrected chi connectivity index (χ0v) is 13.9. The van der Waals surface area contributed by atoms with Crippen molar-refractivity contribution >= 4 is 35.5 Å². The zero-order chi connectivity index (χ0) is 12.2. The maximum atomic E-state index is 6.19. The second-order valence-corrected chi connectivity index (χ2v) is 19.7. The van der Waals surface area contributed by atoms with Crippen LogP contribution in [0.4, 0.5) is 0 Å². The minimum atomic E-state index is -3.16. The first-order chi connectivity index (χ1) is 7.56. The lowest BCUT2D eigenvalue weighted by atomic mass is 10.6. The van der Waals surface area contributed by atoms with Crippen molar-refractivity contribution in [1.82, 2.24) is 0 Å². The summed E-state index contributed by atoms with van der Waals surface area (Å²) in [5, 5.41) is 0. The third-order valence-corrected chi connectivity index (χ3v) is 27.5. The fourth-order valence-electron chi connectivity index (χ4n) is 1.95. The van der Waals surface area contributed by atoms with Crippen LogP contribution in [-0.2, 0) is 12.5 Å². The van der Waals surface area contributed by atoms with Gasteiger partial charge in [0.2, 0.25) is 0 Å². The molecule has 0 aliphatic carbocycles. The Morgan fingerprint density at radius 1 is 0.938 bits per heavy atom. The van der Waals surface area contributed by atoms with Crippen LogP contribution in [-0.4, -0.2) is 33.4 Å². The smallest absolute Gasteiger partial charge is 0.278 e. The summed E-state index contributed by atoms with van der Waals surface area (Å²) < 4.78 is 18.6. The molecule has 0 atom stereocenters. The Hall–Kier alpha value is 1.15. The lowest BCUT2D eigenvalue weighted by molar-refractivity contribution is 0.169. The van der Waals surface area contributed by atoms with Crippen LogP contribution in [0.15, 0.2) is 0 Å². The highest BCUT2D eigenvalue weighted by atomic mass is 33.7. The average molecular weight is 303 g/mol. The standard InChI is InChI=1S/C9H22O3S3Si/c1-5-9-15(10-6-2,11-7-3,12-8-4)13-14-16-15/h5-9H2,1-4H3. The van der Waals surface area contributed by atoms with Crippen LogP contribution in [0.25, 0.3) is 0 Å². The van der Waals surface area contributed by atoms with Crippen molar-refractivity contribution < 1.29 is 12.5 Å². The molecule has 0 aromatic rings. The van der Waals surface area contributed by atoms with Crippen molar-refractivity contribution in [2.75, 3.05) is 25.6 Å². The molecule has 1 rings (SSSR count). The summed E-state index contributed by atoms with van der Waals surface area (Å²) in [6.45, 7) is 10.2. The summed E-state index contributed by atoms with van der Waals surface area (Å²) in [6, 6.07) is 0. The van der Waals surface area contributed by atoms with Crippen LogP contribution in [0, 0.1) is 0 Å². The quantitative estimate of drug-likeness (QED) is 0.499. The number of hydrogen-bond donors (Lipinski definition) is 0. The monoisotopic (exact) mass is 302 g/mol. The fourth-order valence-corrected chi connectivity index (χ4v) is 26.7. The van der Waals surface area contributed by atoms with Crippen molar-refractivity contribution in [2.45, 2.75) is 34.1 Å². The lowest BCUT2D eigenvalue weighted by Gasteiger charge is -2.79. The van der Waals surface area contributed by atoms with E-state index in [4.69, 9.17) is 12.5 Å². The molecule has 1 heterocycles. The molecular weight excluding hydrogens is 280 g/mol. The van der Waals surface area contributed by atoms with Gasteiger partial charge >= 0.3 is 0 Å². The molecule has 1 fully saturated rings. The Morgan fingerprint density at radius 2 is 1.38 bits per heavy atom. The van der Waals surface area contributed by atoms with Gasteiger partial charge in [-0.3, -0.25) is 0 Å². The van der Waals surface area contributed by atoms with E-state index in [0.29, 0.717) is 27.6 Å². The summed E-state index contributed by atoms with van der Waals surface area (Å²) >= 11 is 0. The van der Waals surface area contributed by atoms with Gasteiger partial charge in [-0.05, 0) is 44.6 Å². The molecule has 0 aromatic carbocycles. The van der Waals surface area contributed by atoms with Gasteiger partial charge in [-0.2, -0.15) is 0 Å². The molecule has 2 radical (unpaired) electrons. The molecule has 0 spiro atoms. The summed E-state index contributed by atoms with van der Waals surface area (Å²) in [4.78, 5) is 0. The molecule has 1 aliphatic heterocycles. The Balaban J connectivity index is 3.11. The van der Waals surface area contributed by atoms with Crippen molar-refractivity contribution in [1.29, 1.82) is 0 Å². The predicted molar refractivity (Wildman–Crippen MR) is 78.6 cm³/mol. The molecule has 1 saturated heterocycles. The Morgan fingerprint density at radius 3 is 1.56 bits per heavy atom. The normalized spacial score (nSPS) is 29.2. The van der Waals surface area contributed by atoms with Crippen LogP contribution < -0.4 is 0 Å². The largest absolute Gasteiger partial charge is 0.309 e. The molecule has 16 heavy (non-hydrogen) atoms. The highest BCUT2D eigenvalue weighted by Crippen LogP contribution is 3.07. The van der Waals surface area contributed by atoms with Gasteiger partial charge in [-0.25, -0.2) is 0 Å². The van der Waals surface area contributed by atoms with E-state index in [9.17, 15) is 0 Å². The van der Waals surface area contributed by atoms with Crippen LogP contribution in [0.2, 0.25) is 0 Å². The highest BCUT2D eigenvalue weighted by Gasteiger charge is 2.70. The first kappa shape index (κ1) is 15.2. The highest BCUT2D eigenvalue weighted by molar-refractivity contribution is 9.48. The molecule has 1 aliphatic rings. The van der Waals surface area contributed by atoms with E-state index in [1.54, 1.807) is 9.83 Å². The summed E-state index contributed by atoms with van der Waals surface area (Å²) in [5.41, 5.74) is 0. The first-order valence-electron chi connectivity index (χ1n) is 5.72. The SMILES string of the molecule is CCCS1(OCC)(OCC)(OCC)[Si]SS1. The van der Waals surface area contributed by atoms with Gasteiger partial charge in [-0.1, -0.05) is 17.2 Å². The van der Waals surface area contributed by atoms with E-state index >= 15 is 0 Å². The number of hydrogen-bond acceptors (Lipinski definition) is 5. The second-order valence-electron chi connectivity index (χ2n) is 3.52. The molecule has 3 nitrogen and oxygen atoms in total. The van der Waals surface area contributed by atoms with Crippen LogP contribution in [0.1, 0.15) is 34.1 Å². The second kappa shape index (κ2) is 5.03. The summed E-state index contributed by atoms with van der Waals surface area (Å²) in [6.07, 6.45) is 1.03. The zero-order valence-electron chi connectivity index (χ0n) is 10.5.